The molecular formula is C14H20N2OS. The van der Waals surface area contributed by atoms with Crippen LogP contribution in [-0.4, -0.2) is 30.3 Å². The molecule has 1 fully saturated rings. The highest BCUT2D eigenvalue weighted by Gasteiger charge is 2.24. The molecule has 2 unspecified atom stereocenters. The van der Waals surface area contributed by atoms with E-state index in [-0.39, 0.29) is 12.2 Å². The van der Waals surface area contributed by atoms with E-state index in [0.29, 0.717) is 4.99 Å². The van der Waals surface area contributed by atoms with E-state index in [1.54, 1.807) is 0 Å². The van der Waals surface area contributed by atoms with Gasteiger partial charge in [0.1, 0.15) is 4.99 Å². The number of morpholine rings is 1. The van der Waals surface area contributed by atoms with Gasteiger partial charge in [0.25, 0.3) is 0 Å². The molecule has 0 amide bonds. The third-order valence-corrected chi connectivity index (χ3v) is 3.40. The number of nitrogens with two attached hydrogens (primary N) is 1. The quantitative estimate of drug-likeness (QED) is 0.832. The number of thiocarbonyl (C=S) groups is 1. The highest BCUT2D eigenvalue weighted by molar-refractivity contribution is 7.80. The van der Waals surface area contributed by atoms with Crippen molar-refractivity contribution in [3.63, 3.8) is 0 Å². The molecule has 2 atom stereocenters. The summed E-state index contributed by atoms with van der Waals surface area (Å²) in [6.45, 7) is 8.03. The van der Waals surface area contributed by atoms with Gasteiger partial charge in [0.2, 0.25) is 0 Å². The van der Waals surface area contributed by atoms with Crippen molar-refractivity contribution in [2.75, 3.05) is 18.0 Å². The molecule has 1 aromatic rings. The number of hydrogen-bond acceptors (Lipinski definition) is 3. The molecule has 1 aliphatic heterocycles. The Kier molecular flexibility index (Phi) is 3.88. The number of aryl methyl sites for hydroxylation is 1. The lowest BCUT2D eigenvalue weighted by atomic mass is 10.1. The molecule has 98 valence electrons. The van der Waals surface area contributed by atoms with E-state index in [1.165, 1.54) is 5.56 Å². The van der Waals surface area contributed by atoms with E-state index in [4.69, 9.17) is 22.7 Å². The van der Waals surface area contributed by atoms with Gasteiger partial charge < -0.3 is 15.4 Å². The number of nitrogens with zero attached hydrogens (tertiary/aromatic N) is 1. The van der Waals surface area contributed by atoms with Crippen molar-refractivity contribution >= 4 is 22.9 Å². The average Bonchev–Trinajstić information content (AvgIpc) is 2.27. The number of anilines is 1. The summed E-state index contributed by atoms with van der Waals surface area (Å²) in [5.74, 6) is 0. The highest BCUT2D eigenvalue weighted by atomic mass is 32.1. The second-order valence-electron chi connectivity index (χ2n) is 5.05. The fourth-order valence-electron chi connectivity index (χ4n) is 2.49. The molecule has 0 radical (unpaired) electrons. The topological polar surface area (TPSA) is 38.5 Å². The summed E-state index contributed by atoms with van der Waals surface area (Å²) in [7, 11) is 0. The normalized spacial score (nSPS) is 24.1. The van der Waals surface area contributed by atoms with Crippen LogP contribution in [0.15, 0.2) is 18.2 Å². The van der Waals surface area contributed by atoms with Crippen molar-refractivity contribution < 1.29 is 4.74 Å². The van der Waals surface area contributed by atoms with E-state index < -0.39 is 0 Å². The van der Waals surface area contributed by atoms with Crippen LogP contribution in [0.1, 0.15) is 25.0 Å². The van der Waals surface area contributed by atoms with Crippen molar-refractivity contribution in [3.8, 4) is 0 Å². The lowest BCUT2D eigenvalue weighted by molar-refractivity contribution is -0.00522. The van der Waals surface area contributed by atoms with E-state index in [0.717, 1.165) is 24.3 Å². The summed E-state index contributed by atoms with van der Waals surface area (Å²) in [5, 5.41) is 0. The lowest BCUT2D eigenvalue weighted by Gasteiger charge is -2.37. The van der Waals surface area contributed by atoms with Crippen LogP contribution in [0.5, 0.6) is 0 Å². The first-order chi connectivity index (χ1) is 8.47. The van der Waals surface area contributed by atoms with Crippen molar-refractivity contribution in [2.45, 2.75) is 33.0 Å². The van der Waals surface area contributed by atoms with Crippen molar-refractivity contribution in [2.24, 2.45) is 5.73 Å². The molecule has 1 aromatic carbocycles. The Labute approximate surface area is 114 Å². The van der Waals surface area contributed by atoms with E-state index in [1.807, 2.05) is 12.1 Å². The second-order valence-corrected chi connectivity index (χ2v) is 5.49. The van der Waals surface area contributed by atoms with Crippen LogP contribution in [0.25, 0.3) is 0 Å². The fraction of sp³-hybridized carbons (Fsp3) is 0.500. The van der Waals surface area contributed by atoms with Crippen LogP contribution in [0.2, 0.25) is 0 Å². The Morgan fingerprint density at radius 1 is 1.33 bits per heavy atom. The molecule has 0 saturated carbocycles. The third kappa shape index (κ3) is 2.82. The van der Waals surface area contributed by atoms with Gasteiger partial charge in [-0.1, -0.05) is 18.3 Å². The van der Waals surface area contributed by atoms with Gasteiger partial charge in [-0.25, -0.2) is 0 Å². The minimum atomic E-state index is 0.230. The number of rotatable bonds is 2. The molecule has 0 spiro atoms. The van der Waals surface area contributed by atoms with Crippen LogP contribution >= 0.6 is 12.2 Å². The minimum Gasteiger partial charge on any atom is -0.389 e. The predicted molar refractivity (Wildman–Crippen MR) is 79.3 cm³/mol. The molecule has 2 N–H and O–H groups in total. The summed E-state index contributed by atoms with van der Waals surface area (Å²) in [5.41, 5.74) is 9.12. The molecule has 4 heteroatoms. The standard InChI is InChI=1S/C14H20N2OS/c1-9-4-5-12(14(15)18)13(6-9)16-7-10(2)17-11(3)8-16/h4-6,10-11H,7-8H2,1-3H3,(H2,15,18). The van der Waals surface area contributed by atoms with Crippen molar-refractivity contribution in [1.29, 1.82) is 0 Å². The number of ether oxygens (including phenoxy) is 1. The second kappa shape index (κ2) is 5.24. The van der Waals surface area contributed by atoms with Gasteiger partial charge in [-0.05, 0) is 38.5 Å². The summed E-state index contributed by atoms with van der Waals surface area (Å²) >= 11 is 5.14. The van der Waals surface area contributed by atoms with Crippen molar-refractivity contribution in [1.82, 2.24) is 0 Å². The largest absolute Gasteiger partial charge is 0.389 e. The maximum Gasteiger partial charge on any atom is 0.106 e. The Morgan fingerprint density at radius 3 is 2.50 bits per heavy atom. The summed E-state index contributed by atoms with van der Waals surface area (Å²) < 4.78 is 5.76. The first-order valence-corrected chi connectivity index (χ1v) is 6.69. The minimum absolute atomic E-state index is 0.230. The van der Waals surface area contributed by atoms with Gasteiger partial charge in [0, 0.05) is 24.3 Å². The molecular weight excluding hydrogens is 244 g/mol. The first-order valence-electron chi connectivity index (χ1n) is 6.28. The Balaban J connectivity index is 2.36. The highest BCUT2D eigenvalue weighted by Crippen LogP contribution is 2.25. The summed E-state index contributed by atoms with van der Waals surface area (Å²) in [6.07, 6.45) is 0.460. The molecule has 3 nitrogen and oxygen atoms in total. The molecule has 2 rings (SSSR count). The molecule has 0 bridgehead atoms. The third-order valence-electron chi connectivity index (χ3n) is 3.18. The van der Waals surface area contributed by atoms with E-state index >= 15 is 0 Å². The Bertz CT molecular complexity index is 451. The maximum atomic E-state index is 5.81. The zero-order valence-corrected chi connectivity index (χ0v) is 12.0. The fourth-order valence-corrected chi connectivity index (χ4v) is 2.66. The van der Waals surface area contributed by atoms with Gasteiger partial charge in [0.05, 0.1) is 12.2 Å². The number of hydrogen-bond donors (Lipinski definition) is 1. The molecule has 1 saturated heterocycles. The lowest BCUT2D eigenvalue weighted by Crippen LogP contribution is -2.46. The molecule has 1 aliphatic rings. The molecule has 0 aliphatic carbocycles. The van der Waals surface area contributed by atoms with Gasteiger partial charge in [-0.15, -0.1) is 0 Å². The van der Waals surface area contributed by atoms with Gasteiger partial charge in [0.15, 0.2) is 0 Å². The van der Waals surface area contributed by atoms with E-state index in [9.17, 15) is 0 Å². The smallest absolute Gasteiger partial charge is 0.106 e. The summed E-state index contributed by atoms with van der Waals surface area (Å²) in [4.78, 5) is 2.78. The van der Waals surface area contributed by atoms with Crippen LogP contribution in [0.4, 0.5) is 5.69 Å². The molecule has 18 heavy (non-hydrogen) atoms. The zero-order chi connectivity index (χ0) is 13.3. The van der Waals surface area contributed by atoms with E-state index in [2.05, 4.69) is 31.7 Å². The number of benzene rings is 1. The Morgan fingerprint density at radius 2 is 1.94 bits per heavy atom. The van der Waals surface area contributed by atoms with Gasteiger partial charge >= 0.3 is 0 Å². The van der Waals surface area contributed by atoms with Crippen LogP contribution < -0.4 is 10.6 Å². The van der Waals surface area contributed by atoms with Crippen LogP contribution in [0.3, 0.4) is 0 Å². The first kappa shape index (κ1) is 13.3. The molecule has 1 heterocycles. The Hall–Kier alpha value is -1.13. The van der Waals surface area contributed by atoms with Crippen LogP contribution in [0, 0.1) is 6.92 Å². The van der Waals surface area contributed by atoms with Gasteiger partial charge in [-0.3, -0.25) is 0 Å². The average molecular weight is 264 g/mol. The SMILES string of the molecule is Cc1ccc(C(N)=S)c(N2CC(C)OC(C)C2)c1. The summed E-state index contributed by atoms with van der Waals surface area (Å²) in [6, 6.07) is 6.21. The maximum absolute atomic E-state index is 5.81. The predicted octanol–water partition coefficient (Wildman–Crippen LogP) is 2.24. The molecule has 0 aromatic heterocycles. The zero-order valence-electron chi connectivity index (χ0n) is 11.1. The van der Waals surface area contributed by atoms with Crippen LogP contribution in [-0.2, 0) is 4.74 Å². The van der Waals surface area contributed by atoms with Gasteiger partial charge in [-0.2, -0.15) is 0 Å². The monoisotopic (exact) mass is 264 g/mol. The van der Waals surface area contributed by atoms with Crippen molar-refractivity contribution in [3.05, 3.63) is 29.3 Å².